The smallest absolute Gasteiger partial charge is 0.161 e. The van der Waals surface area contributed by atoms with Crippen molar-refractivity contribution in [2.75, 3.05) is 21.1 Å². The van der Waals surface area contributed by atoms with Gasteiger partial charge in [-0.1, -0.05) is 48.5 Å². The molecule has 0 spiro atoms. The Bertz CT molecular complexity index is 730. The third kappa shape index (κ3) is 2.90. The van der Waals surface area contributed by atoms with Gasteiger partial charge >= 0.3 is 0 Å². The summed E-state index contributed by atoms with van der Waals surface area (Å²) < 4.78 is 0. The van der Waals surface area contributed by atoms with E-state index in [1.54, 1.807) is 0 Å². The van der Waals surface area contributed by atoms with Gasteiger partial charge in [-0.05, 0) is 37.7 Å². The summed E-state index contributed by atoms with van der Waals surface area (Å²) in [6.45, 7) is 2.77. The van der Waals surface area contributed by atoms with Crippen molar-refractivity contribution in [3.05, 3.63) is 77.0 Å². The second kappa shape index (κ2) is 5.84. The molecule has 1 aliphatic rings. The Balaban J connectivity index is 2.03. The molecule has 3 nitrogen and oxygen atoms in total. The fraction of sp³-hybridized carbons (Fsp3) is 0.300. The van der Waals surface area contributed by atoms with Crippen LogP contribution >= 0.6 is 0 Å². The first-order valence-corrected chi connectivity index (χ1v) is 7.90. The molecule has 0 saturated carbocycles. The molecule has 23 heavy (non-hydrogen) atoms. The predicted molar refractivity (Wildman–Crippen MR) is 94.7 cm³/mol. The average Bonchev–Trinajstić information content (AvgIpc) is 2.52. The predicted octanol–water partition coefficient (Wildman–Crippen LogP) is 3.25. The molecule has 0 saturated heterocycles. The van der Waals surface area contributed by atoms with Crippen molar-refractivity contribution in [2.45, 2.75) is 19.2 Å². The first-order chi connectivity index (χ1) is 10.9. The highest BCUT2D eigenvalue weighted by molar-refractivity contribution is 5.83. The van der Waals surface area contributed by atoms with Gasteiger partial charge in [-0.25, -0.2) is 0 Å². The molecule has 0 amide bonds. The van der Waals surface area contributed by atoms with Crippen molar-refractivity contribution in [3.63, 3.8) is 0 Å². The molecule has 0 bridgehead atoms. The number of nitrogens with zero attached hydrogens (tertiary/aromatic N) is 2. The van der Waals surface area contributed by atoms with Crippen molar-refractivity contribution in [2.24, 2.45) is 0 Å². The van der Waals surface area contributed by atoms with E-state index in [0.29, 0.717) is 0 Å². The normalized spacial score (nSPS) is 20.4. The molecule has 1 unspecified atom stereocenters. The lowest BCUT2D eigenvalue weighted by Crippen LogP contribution is -2.40. The topological polar surface area (TPSA) is 26.7 Å². The van der Waals surface area contributed by atoms with Crippen LogP contribution < -0.4 is 0 Å². The fourth-order valence-corrected chi connectivity index (χ4v) is 3.09. The lowest BCUT2D eigenvalue weighted by Gasteiger charge is -2.39. The lowest BCUT2D eigenvalue weighted by molar-refractivity contribution is -0.0614. The van der Waals surface area contributed by atoms with Gasteiger partial charge in [-0.15, -0.1) is 0 Å². The van der Waals surface area contributed by atoms with Crippen LogP contribution in [-0.2, 0) is 12.3 Å². The maximum absolute atomic E-state index is 10.8. The molecular formula is C20H24N2O. The summed E-state index contributed by atoms with van der Waals surface area (Å²) in [5.74, 6) is 0. The van der Waals surface area contributed by atoms with E-state index in [9.17, 15) is 5.11 Å². The Morgan fingerprint density at radius 2 is 1.70 bits per heavy atom. The molecular weight excluding hydrogens is 284 g/mol. The van der Waals surface area contributed by atoms with Crippen LogP contribution in [0.15, 0.2) is 54.7 Å². The Labute approximate surface area is 138 Å². The van der Waals surface area contributed by atoms with Crippen LogP contribution in [0.2, 0.25) is 0 Å². The van der Waals surface area contributed by atoms with Gasteiger partial charge in [0.1, 0.15) is 0 Å². The standard InChI is InChI=1S/C20H24N2O/c1-20(23)19-8-6-5-7-17(19)18(14-22(20)4)16-11-9-15(10-12-16)13-21(2)3/h5-12,14,23H,13H2,1-4H3. The van der Waals surface area contributed by atoms with Crippen LogP contribution in [0.4, 0.5) is 0 Å². The largest absolute Gasteiger partial charge is 0.367 e. The van der Waals surface area contributed by atoms with Crippen LogP contribution in [0, 0.1) is 0 Å². The van der Waals surface area contributed by atoms with E-state index in [1.807, 2.05) is 43.3 Å². The van der Waals surface area contributed by atoms with Crippen molar-refractivity contribution in [1.29, 1.82) is 0 Å². The van der Waals surface area contributed by atoms with E-state index in [1.165, 1.54) is 11.1 Å². The van der Waals surface area contributed by atoms with E-state index >= 15 is 0 Å². The first-order valence-electron chi connectivity index (χ1n) is 7.90. The summed E-state index contributed by atoms with van der Waals surface area (Å²) in [4.78, 5) is 4.04. The highest BCUT2D eigenvalue weighted by atomic mass is 16.3. The molecule has 1 N–H and O–H groups in total. The average molecular weight is 308 g/mol. The first kappa shape index (κ1) is 15.8. The highest BCUT2D eigenvalue weighted by Gasteiger charge is 2.34. The molecule has 2 aromatic carbocycles. The molecule has 0 aliphatic carbocycles. The van der Waals surface area contributed by atoms with Crippen LogP contribution in [0.25, 0.3) is 5.57 Å². The van der Waals surface area contributed by atoms with Gasteiger partial charge in [0.25, 0.3) is 0 Å². The minimum atomic E-state index is -0.981. The number of aliphatic hydroxyl groups is 1. The SMILES string of the molecule is CN(C)Cc1ccc(C2=CN(C)C(C)(O)c3ccccc32)cc1. The zero-order chi connectivity index (χ0) is 16.6. The molecule has 3 heteroatoms. The molecule has 0 radical (unpaired) electrons. The number of rotatable bonds is 3. The third-order valence-electron chi connectivity index (χ3n) is 4.50. The van der Waals surface area contributed by atoms with Gasteiger partial charge in [-0.3, -0.25) is 0 Å². The third-order valence-corrected chi connectivity index (χ3v) is 4.50. The molecule has 0 fully saturated rings. The zero-order valence-electron chi connectivity index (χ0n) is 14.2. The van der Waals surface area contributed by atoms with Crippen LogP contribution in [0.1, 0.15) is 29.2 Å². The number of hydrogen-bond donors (Lipinski definition) is 1. The van der Waals surface area contributed by atoms with E-state index in [4.69, 9.17) is 0 Å². The summed E-state index contributed by atoms with van der Waals surface area (Å²) in [6.07, 6.45) is 2.03. The van der Waals surface area contributed by atoms with Crippen molar-refractivity contribution in [1.82, 2.24) is 9.80 Å². The summed E-state index contributed by atoms with van der Waals surface area (Å²) in [7, 11) is 6.06. The van der Waals surface area contributed by atoms with Crippen molar-refractivity contribution < 1.29 is 5.11 Å². The molecule has 0 aromatic heterocycles. The number of fused-ring (bicyclic) bond motifs is 1. The molecule has 1 aliphatic heterocycles. The molecule has 120 valence electrons. The summed E-state index contributed by atoms with van der Waals surface area (Å²) in [5, 5.41) is 10.8. The Morgan fingerprint density at radius 3 is 2.35 bits per heavy atom. The Kier molecular flexibility index (Phi) is 4.00. The Morgan fingerprint density at radius 1 is 1.04 bits per heavy atom. The van der Waals surface area contributed by atoms with E-state index in [2.05, 4.69) is 49.3 Å². The van der Waals surface area contributed by atoms with Gasteiger partial charge in [0.05, 0.1) is 0 Å². The van der Waals surface area contributed by atoms with E-state index < -0.39 is 5.72 Å². The molecule has 2 aromatic rings. The molecule has 3 rings (SSSR count). The minimum absolute atomic E-state index is 0.935. The van der Waals surface area contributed by atoms with Gasteiger partial charge in [0, 0.05) is 30.9 Å². The monoisotopic (exact) mass is 308 g/mol. The van der Waals surface area contributed by atoms with Gasteiger partial charge in [-0.2, -0.15) is 0 Å². The van der Waals surface area contributed by atoms with Crippen LogP contribution in [0.3, 0.4) is 0 Å². The maximum Gasteiger partial charge on any atom is 0.161 e. The summed E-state index contributed by atoms with van der Waals surface area (Å²) in [6, 6.07) is 16.7. The van der Waals surface area contributed by atoms with Gasteiger partial charge < -0.3 is 14.9 Å². The number of hydrogen-bond acceptors (Lipinski definition) is 3. The van der Waals surface area contributed by atoms with Gasteiger partial charge in [0.2, 0.25) is 0 Å². The second-order valence-electron chi connectivity index (χ2n) is 6.65. The molecule has 1 heterocycles. The maximum atomic E-state index is 10.8. The minimum Gasteiger partial charge on any atom is -0.367 e. The van der Waals surface area contributed by atoms with Crippen molar-refractivity contribution in [3.8, 4) is 0 Å². The number of benzene rings is 2. The lowest BCUT2D eigenvalue weighted by atomic mass is 9.86. The highest BCUT2D eigenvalue weighted by Crippen LogP contribution is 2.39. The van der Waals surface area contributed by atoms with Gasteiger partial charge in [0.15, 0.2) is 5.72 Å². The van der Waals surface area contributed by atoms with E-state index in [0.717, 1.165) is 23.2 Å². The quantitative estimate of drug-likeness (QED) is 0.943. The van der Waals surface area contributed by atoms with Crippen molar-refractivity contribution >= 4 is 5.57 Å². The fourth-order valence-electron chi connectivity index (χ4n) is 3.09. The summed E-state index contributed by atoms with van der Waals surface area (Å²) >= 11 is 0. The molecule has 1 atom stereocenters. The van der Waals surface area contributed by atoms with E-state index in [-0.39, 0.29) is 0 Å². The summed E-state index contributed by atoms with van der Waals surface area (Å²) in [5.41, 5.74) is 4.66. The van der Waals surface area contributed by atoms with Crippen LogP contribution in [0.5, 0.6) is 0 Å². The van der Waals surface area contributed by atoms with Crippen LogP contribution in [-0.4, -0.2) is 36.0 Å². The zero-order valence-corrected chi connectivity index (χ0v) is 14.2. The second-order valence-corrected chi connectivity index (χ2v) is 6.65. The Hall–Kier alpha value is -2.10.